The topological polar surface area (TPSA) is 30.5 Å². The molecule has 2 N–H and O–H groups in total. The highest BCUT2D eigenvalue weighted by Crippen LogP contribution is 2.37. The largest absolute Gasteiger partial charge is 0.393 e. The zero-order valence-electron chi connectivity index (χ0n) is 11.9. The predicted molar refractivity (Wildman–Crippen MR) is 72.0 cm³/mol. The summed E-state index contributed by atoms with van der Waals surface area (Å²) in [5.74, 6) is -0.131. The van der Waals surface area contributed by atoms with E-state index in [0.717, 1.165) is 31.9 Å². The van der Waals surface area contributed by atoms with Crippen molar-refractivity contribution < 1.29 is 13.2 Å². The first-order valence-corrected chi connectivity index (χ1v) is 7.85. The Hall–Kier alpha value is -1.11. The van der Waals surface area contributed by atoms with Gasteiger partial charge in [-0.2, -0.15) is 13.2 Å². The molecule has 4 aliphatic heterocycles. The minimum Gasteiger partial charge on any atom is -0.367 e. The van der Waals surface area contributed by atoms with E-state index < -0.39 is 12.1 Å². The molecule has 0 aromatic carbocycles. The van der Waals surface area contributed by atoms with Gasteiger partial charge in [0.05, 0.1) is 11.6 Å². The van der Waals surface area contributed by atoms with Crippen LogP contribution in [0.1, 0.15) is 25.7 Å². The summed E-state index contributed by atoms with van der Waals surface area (Å²) in [6, 6.07) is 0.496. The molecule has 2 saturated heterocycles. The van der Waals surface area contributed by atoms with Gasteiger partial charge in [-0.25, -0.2) is 0 Å². The van der Waals surface area contributed by atoms with E-state index in [1.165, 1.54) is 12.1 Å². The summed E-state index contributed by atoms with van der Waals surface area (Å²) in [6.45, 7) is 2.90. The van der Waals surface area contributed by atoms with Crippen LogP contribution in [0.2, 0.25) is 0 Å². The zero-order valence-corrected chi connectivity index (χ0v) is 11.9. The molecule has 4 nitrogen and oxygen atoms in total. The van der Waals surface area contributed by atoms with Crippen LogP contribution in [0.25, 0.3) is 0 Å². The van der Waals surface area contributed by atoms with Crippen LogP contribution in [0, 0.1) is 5.92 Å². The van der Waals surface area contributed by atoms with Gasteiger partial charge in [-0.15, -0.1) is 0 Å². The fraction of sp³-hybridized carbons (Fsp3) is 0.857. The molecule has 4 aliphatic rings. The van der Waals surface area contributed by atoms with Crippen molar-refractivity contribution in [3.05, 3.63) is 11.5 Å². The number of rotatable bonds is 1. The van der Waals surface area contributed by atoms with E-state index in [2.05, 4.69) is 15.5 Å². The second kappa shape index (κ2) is 4.69. The lowest BCUT2D eigenvalue weighted by atomic mass is 9.93. The number of nitrogens with one attached hydrogen (secondary N) is 2. The Labute approximate surface area is 122 Å². The van der Waals surface area contributed by atoms with E-state index in [1.54, 1.807) is 0 Å². The third-order valence-corrected chi connectivity index (χ3v) is 5.19. The Morgan fingerprint density at radius 1 is 1.00 bits per heavy atom. The molecule has 4 rings (SSSR count). The van der Waals surface area contributed by atoms with Crippen LogP contribution in [0.3, 0.4) is 0 Å². The van der Waals surface area contributed by atoms with E-state index in [0.29, 0.717) is 12.5 Å². The molecule has 2 fully saturated rings. The normalized spacial score (nSPS) is 36.5. The molecular formula is C14H21F3N4. The number of piperidine rings is 2. The van der Waals surface area contributed by atoms with E-state index in [-0.39, 0.29) is 19.1 Å². The second-order valence-corrected chi connectivity index (χ2v) is 6.61. The number of hydrogen-bond acceptors (Lipinski definition) is 4. The Kier molecular flexibility index (Phi) is 3.03. The number of halogens is 3. The molecule has 0 aliphatic carbocycles. The van der Waals surface area contributed by atoms with Crippen molar-refractivity contribution in [2.45, 2.75) is 44.1 Å². The SMILES string of the molecule is FC(F)(F)C1CCCN([C@@H]2NC3=C2N2CCCC(C2)N3)C1. The van der Waals surface area contributed by atoms with Gasteiger partial charge in [0.15, 0.2) is 0 Å². The Morgan fingerprint density at radius 2 is 1.81 bits per heavy atom. The third-order valence-electron chi connectivity index (χ3n) is 5.19. The fourth-order valence-corrected chi connectivity index (χ4v) is 4.07. The van der Waals surface area contributed by atoms with Crippen LogP contribution in [-0.2, 0) is 0 Å². The van der Waals surface area contributed by atoms with Gasteiger partial charge < -0.3 is 15.5 Å². The summed E-state index contributed by atoms with van der Waals surface area (Å²) < 4.78 is 38.9. The van der Waals surface area contributed by atoms with Crippen molar-refractivity contribution in [3.8, 4) is 0 Å². The first-order chi connectivity index (χ1) is 10.0. The highest BCUT2D eigenvalue weighted by Gasteiger charge is 2.47. The molecule has 0 saturated carbocycles. The molecule has 0 aromatic heterocycles. The summed E-state index contributed by atoms with van der Waals surface area (Å²) in [4.78, 5) is 4.33. The molecule has 2 unspecified atom stereocenters. The summed E-state index contributed by atoms with van der Waals surface area (Å²) >= 11 is 0. The Morgan fingerprint density at radius 3 is 2.62 bits per heavy atom. The predicted octanol–water partition coefficient (Wildman–Crippen LogP) is 1.43. The highest BCUT2D eigenvalue weighted by molar-refractivity contribution is 5.31. The molecule has 0 radical (unpaired) electrons. The molecular weight excluding hydrogens is 281 g/mol. The summed E-state index contributed by atoms with van der Waals surface area (Å²) in [6.07, 6.45) is -0.868. The third kappa shape index (κ3) is 2.25. The first kappa shape index (κ1) is 13.5. The van der Waals surface area contributed by atoms with Crippen molar-refractivity contribution in [2.75, 3.05) is 26.2 Å². The van der Waals surface area contributed by atoms with E-state index in [4.69, 9.17) is 0 Å². The van der Waals surface area contributed by atoms with Crippen LogP contribution in [-0.4, -0.2) is 54.4 Å². The minimum absolute atomic E-state index is 0.0308. The van der Waals surface area contributed by atoms with Crippen LogP contribution in [0.5, 0.6) is 0 Å². The minimum atomic E-state index is -4.07. The average molecular weight is 302 g/mol. The number of alkyl halides is 3. The number of likely N-dealkylation sites (tertiary alicyclic amines) is 1. The Balaban J connectivity index is 1.48. The van der Waals surface area contributed by atoms with Gasteiger partial charge in [0.25, 0.3) is 0 Å². The first-order valence-electron chi connectivity index (χ1n) is 7.85. The van der Waals surface area contributed by atoms with Crippen LogP contribution in [0.15, 0.2) is 11.5 Å². The molecule has 4 heterocycles. The van der Waals surface area contributed by atoms with Gasteiger partial charge in [-0.05, 0) is 25.7 Å². The summed E-state index contributed by atoms with van der Waals surface area (Å²) in [7, 11) is 0. The average Bonchev–Trinajstić information content (AvgIpc) is 2.41. The van der Waals surface area contributed by atoms with Gasteiger partial charge in [0, 0.05) is 32.2 Å². The maximum atomic E-state index is 13.0. The van der Waals surface area contributed by atoms with Gasteiger partial charge in [-0.3, -0.25) is 4.90 Å². The molecule has 3 atom stereocenters. The van der Waals surface area contributed by atoms with Gasteiger partial charge in [-0.1, -0.05) is 0 Å². The number of fused-ring (bicyclic) bond motifs is 3. The highest BCUT2D eigenvalue weighted by atomic mass is 19.4. The number of hydrogen-bond donors (Lipinski definition) is 2. The zero-order chi connectivity index (χ0) is 14.6. The second-order valence-electron chi connectivity index (χ2n) is 6.61. The van der Waals surface area contributed by atoms with Gasteiger partial charge in [0.2, 0.25) is 0 Å². The molecule has 0 aromatic rings. The molecule has 21 heavy (non-hydrogen) atoms. The van der Waals surface area contributed by atoms with Crippen LogP contribution >= 0.6 is 0 Å². The quantitative estimate of drug-likeness (QED) is 0.767. The van der Waals surface area contributed by atoms with Crippen molar-refractivity contribution in [1.29, 1.82) is 0 Å². The lowest BCUT2D eigenvalue weighted by molar-refractivity contribution is -0.189. The van der Waals surface area contributed by atoms with Crippen LogP contribution < -0.4 is 10.6 Å². The van der Waals surface area contributed by atoms with Crippen LogP contribution in [0.4, 0.5) is 13.2 Å². The van der Waals surface area contributed by atoms with Crippen molar-refractivity contribution in [3.63, 3.8) is 0 Å². The van der Waals surface area contributed by atoms with Crippen molar-refractivity contribution in [1.82, 2.24) is 20.4 Å². The smallest absolute Gasteiger partial charge is 0.367 e. The standard InChI is InChI=1S/C14H21F3N4/c15-14(16,17)9-3-1-6-21(7-9)13-11-12(19-13)18-10-4-2-5-20(11)8-10/h9-10,13,18-19H,1-8H2/t9?,10?,13-/m0/s1. The molecule has 7 heteroatoms. The van der Waals surface area contributed by atoms with Gasteiger partial charge >= 0.3 is 6.18 Å². The molecule has 2 bridgehead atoms. The lowest BCUT2D eigenvalue weighted by Crippen LogP contribution is -2.68. The lowest BCUT2D eigenvalue weighted by Gasteiger charge is -2.54. The molecule has 118 valence electrons. The van der Waals surface area contributed by atoms with Crippen molar-refractivity contribution in [2.24, 2.45) is 5.92 Å². The fourth-order valence-electron chi connectivity index (χ4n) is 4.07. The van der Waals surface area contributed by atoms with E-state index in [1.807, 2.05) is 4.90 Å². The molecule has 0 spiro atoms. The van der Waals surface area contributed by atoms with E-state index in [9.17, 15) is 13.2 Å². The van der Waals surface area contributed by atoms with Gasteiger partial charge in [0.1, 0.15) is 12.0 Å². The monoisotopic (exact) mass is 302 g/mol. The maximum Gasteiger partial charge on any atom is 0.393 e. The number of nitrogens with zero attached hydrogens (tertiary/aromatic N) is 2. The maximum absolute atomic E-state index is 13.0. The Bertz CT molecular complexity index is 462. The van der Waals surface area contributed by atoms with E-state index >= 15 is 0 Å². The molecule has 0 amide bonds. The summed E-state index contributed by atoms with van der Waals surface area (Å²) in [5.41, 5.74) is 1.19. The summed E-state index contributed by atoms with van der Waals surface area (Å²) in [5, 5.41) is 6.81. The van der Waals surface area contributed by atoms with Crippen molar-refractivity contribution >= 4 is 0 Å².